The summed E-state index contributed by atoms with van der Waals surface area (Å²) in [5, 5.41) is 11.8. The number of aromatic nitrogens is 2. The molecule has 6 aromatic carbocycles. The van der Waals surface area contributed by atoms with Crippen LogP contribution in [0.1, 0.15) is 52.1 Å². The molecule has 2 atom stereocenters. The molecule has 0 bridgehead atoms. The zero-order valence-electron chi connectivity index (χ0n) is 38.4. The fourth-order valence-corrected chi connectivity index (χ4v) is 11.1. The van der Waals surface area contributed by atoms with Crippen LogP contribution in [0.25, 0.3) is 21.8 Å². The van der Waals surface area contributed by atoms with Gasteiger partial charge in [0.25, 0.3) is 20.0 Å². The first kappa shape index (κ1) is 49.0. The Labute approximate surface area is 419 Å². The second kappa shape index (κ2) is 20.0. The molecule has 2 aliphatic rings. The first-order valence-electron chi connectivity index (χ1n) is 22.2. The van der Waals surface area contributed by atoms with Crippen LogP contribution < -0.4 is 28.4 Å². The maximum Gasteiger partial charge on any atom is 0.264 e. The Hall–Kier alpha value is -7.02. The average Bonchev–Trinajstić information content (AvgIpc) is 4.15. The van der Waals surface area contributed by atoms with E-state index in [4.69, 9.17) is 47.3 Å². The Balaban J connectivity index is 0.000000176. The van der Waals surface area contributed by atoms with Crippen molar-refractivity contribution in [1.82, 2.24) is 18.6 Å². The van der Waals surface area contributed by atoms with Gasteiger partial charge in [-0.25, -0.2) is 26.3 Å². The van der Waals surface area contributed by atoms with Crippen LogP contribution in [0.5, 0.6) is 23.0 Å². The van der Waals surface area contributed by atoms with Gasteiger partial charge >= 0.3 is 0 Å². The summed E-state index contributed by atoms with van der Waals surface area (Å²) in [6, 6.07) is 33.5. The Bertz CT molecular complexity index is 3580. The van der Waals surface area contributed by atoms with Gasteiger partial charge in [-0.15, -0.1) is 0 Å². The summed E-state index contributed by atoms with van der Waals surface area (Å²) in [5.74, 6) is -1.18. The van der Waals surface area contributed by atoms with Gasteiger partial charge in [-0.1, -0.05) is 78.7 Å². The molecule has 2 aromatic heterocycles. The fraction of sp³-hybridized carbons (Fsp3) is 0.192. The lowest BCUT2D eigenvalue weighted by atomic mass is 9.90. The fourth-order valence-electron chi connectivity index (χ4n) is 8.74. The smallest absolute Gasteiger partial charge is 0.264 e. The first-order chi connectivity index (χ1) is 34.0. The molecule has 71 heavy (non-hydrogen) atoms. The van der Waals surface area contributed by atoms with Crippen molar-refractivity contribution in [3.63, 3.8) is 0 Å². The number of halogens is 2. The number of nitrogens with zero attached hydrogens (tertiary/aromatic N) is 2. The highest BCUT2D eigenvalue weighted by molar-refractivity contribution is 7.90. The van der Waals surface area contributed by atoms with Crippen molar-refractivity contribution in [2.45, 2.75) is 41.4 Å². The number of benzene rings is 6. The Kier molecular flexibility index (Phi) is 13.8. The third kappa shape index (κ3) is 10.1. The standard InChI is InChI=1S/C26H23ClN2O6S.C26H23ClN2O5S/c1-29-14-21(20-8-5-18(27)13-22(20)29)25(17-4-9-23-24(12-17)35-15-34-23)26(31)28-36(32,33)19-6-2-16(3-7-19)10-11-30;1-3-16-4-8-19(9-5-16)35(31,32)28-26(30)25(17-6-11-23-24(12-17)34-15-33-23)21-14-29(2)22-13-18(27)7-10-20(21)22/h2-9,12-14,25,30H,10-11,15H2,1H3,(H,28,31);4-14,25H,3,15H2,1-2H3,(H,28,30). The van der Waals surface area contributed by atoms with E-state index >= 15 is 0 Å². The van der Waals surface area contributed by atoms with E-state index in [2.05, 4.69) is 9.44 Å². The highest BCUT2D eigenvalue weighted by atomic mass is 35.5. The number of fused-ring (bicyclic) bond motifs is 4. The summed E-state index contributed by atoms with van der Waals surface area (Å²) in [7, 11) is -4.57. The van der Waals surface area contributed by atoms with Gasteiger partial charge in [-0.3, -0.25) is 9.59 Å². The number of sulfonamides is 2. The third-order valence-corrected chi connectivity index (χ3v) is 15.5. The largest absolute Gasteiger partial charge is 0.454 e. The van der Waals surface area contributed by atoms with Crippen molar-refractivity contribution in [3.05, 3.63) is 177 Å². The lowest BCUT2D eigenvalue weighted by Gasteiger charge is -2.18. The van der Waals surface area contributed by atoms with E-state index in [0.717, 1.165) is 39.4 Å². The summed E-state index contributed by atoms with van der Waals surface area (Å²) in [6.07, 6.45) is 4.80. The number of rotatable bonds is 13. The summed E-state index contributed by atoms with van der Waals surface area (Å²) < 4.78 is 82.5. The molecule has 0 radical (unpaired) electrons. The average molecular weight is 1040 g/mol. The second-order valence-electron chi connectivity index (χ2n) is 16.9. The van der Waals surface area contributed by atoms with Crippen molar-refractivity contribution < 1.29 is 50.5 Å². The molecule has 3 N–H and O–H groups in total. The molecule has 0 saturated heterocycles. The molecule has 0 aliphatic carbocycles. The molecule has 19 heteroatoms. The van der Waals surface area contributed by atoms with Crippen molar-refractivity contribution in [2.75, 3.05) is 20.2 Å². The van der Waals surface area contributed by atoms with Gasteiger partial charge in [0, 0.05) is 64.9 Å². The molecule has 8 aromatic rings. The number of aliphatic hydroxyl groups is 1. The number of hydrogen-bond acceptors (Lipinski definition) is 11. The van der Waals surface area contributed by atoms with Gasteiger partial charge in [0.15, 0.2) is 23.0 Å². The van der Waals surface area contributed by atoms with E-state index in [1.165, 1.54) is 24.3 Å². The van der Waals surface area contributed by atoms with E-state index in [0.29, 0.717) is 61.7 Å². The predicted molar refractivity (Wildman–Crippen MR) is 268 cm³/mol. The number of ether oxygens (including phenoxy) is 4. The van der Waals surface area contributed by atoms with E-state index in [-0.39, 0.29) is 30.0 Å². The number of carbonyl (C=O) groups is 2. The summed E-state index contributed by atoms with van der Waals surface area (Å²) in [6.45, 7) is 2.10. The summed E-state index contributed by atoms with van der Waals surface area (Å²) >= 11 is 12.4. The van der Waals surface area contributed by atoms with Crippen LogP contribution in [0.15, 0.2) is 144 Å². The van der Waals surface area contributed by atoms with Gasteiger partial charge < -0.3 is 33.2 Å². The van der Waals surface area contributed by atoms with E-state index < -0.39 is 43.7 Å². The maximum atomic E-state index is 13.7. The van der Waals surface area contributed by atoms with E-state index in [9.17, 15) is 26.4 Å². The van der Waals surface area contributed by atoms with Crippen molar-refractivity contribution >= 4 is 76.9 Å². The Morgan fingerprint density at radius 3 is 1.39 bits per heavy atom. The van der Waals surface area contributed by atoms with Crippen molar-refractivity contribution in [2.24, 2.45) is 14.1 Å². The maximum absolute atomic E-state index is 13.7. The lowest BCUT2D eigenvalue weighted by molar-refractivity contribution is -0.120. The van der Waals surface area contributed by atoms with Crippen LogP contribution in [0, 0.1) is 0 Å². The summed E-state index contributed by atoms with van der Waals surface area (Å²) in [4.78, 5) is 27.3. The quantitative estimate of drug-likeness (QED) is 0.100. The second-order valence-corrected chi connectivity index (χ2v) is 21.1. The van der Waals surface area contributed by atoms with Gasteiger partial charge in [0.1, 0.15) is 0 Å². The van der Waals surface area contributed by atoms with Crippen LogP contribution >= 0.6 is 23.2 Å². The molecule has 2 amide bonds. The molecule has 10 rings (SSSR count). The highest BCUT2D eigenvalue weighted by Gasteiger charge is 2.33. The number of amides is 2. The number of nitrogens with one attached hydrogen (secondary N) is 2. The molecule has 2 aliphatic heterocycles. The predicted octanol–water partition coefficient (Wildman–Crippen LogP) is 8.49. The number of carbonyl (C=O) groups excluding carboxylic acids is 2. The molecular formula is C52H46Cl2N4O11S2. The van der Waals surface area contributed by atoms with Gasteiger partial charge in [-0.05, 0) is 119 Å². The number of aryl methyl sites for hydroxylation is 3. The van der Waals surface area contributed by atoms with Crippen molar-refractivity contribution in [3.8, 4) is 23.0 Å². The molecule has 4 heterocycles. The highest BCUT2D eigenvalue weighted by Crippen LogP contribution is 2.41. The normalized spacial score (nSPS) is 13.7. The van der Waals surface area contributed by atoms with Gasteiger partial charge in [0.05, 0.1) is 21.6 Å². The number of aliphatic hydroxyl groups excluding tert-OH is 1. The zero-order valence-corrected chi connectivity index (χ0v) is 41.5. The van der Waals surface area contributed by atoms with E-state index in [1.807, 2.05) is 48.5 Å². The molecule has 366 valence electrons. The third-order valence-electron chi connectivity index (χ3n) is 12.3. The molecule has 2 unspecified atom stereocenters. The van der Waals surface area contributed by atoms with Crippen LogP contribution in [-0.4, -0.2) is 63.1 Å². The van der Waals surface area contributed by atoms with E-state index in [1.54, 1.807) is 91.1 Å². The molecule has 0 saturated carbocycles. The van der Waals surface area contributed by atoms with Crippen LogP contribution in [0.3, 0.4) is 0 Å². The van der Waals surface area contributed by atoms with Crippen LogP contribution in [0.2, 0.25) is 10.0 Å². The van der Waals surface area contributed by atoms with Gasteiger partial charge in [0.2, 0.25) is 25.4 Å². The summed E-state index contributed by atoms with van der Waals surface area (Å²) in [5.41, 5.74) is 5.81. The van der Waals surface area contributed by atoms with Crippen LogP contribution in [0.4, 0.5) is 0 Å². The van der Waals surface area contributed by atoms with Crippen LogP contribution in [-0.2, 0) is 56.6 Å². The van der Waals surface area contributed by atoms with Gasteiger partial charge in [-0.2, -0.15) is 0 Å². The van der Waals surface area contributed by atoms with Crippen molar-refractivity contribution in [1.29, 1.82) is 0 Å². The minimum absolute atomic E-state index is 0.0252. The number of hydrogen-bond donors (Lipinski definition) is 3. The Morgan fingerprint density at radius 2 is 0.986 bits per heavy atom. The minimum Gasteiger partial charge on any atom is -0.454 e. The lowest BCUT2D eigenvalue weighted by Crippen LogP contribution is -2.35. The SMILES string of the molecule is CCc1ccc(S(=O)(=O)NC(=O)C(c2ccc3c(c2)OCO3)c2cn(C)c3cc(Cl)ccc23)cc1.Cn1cc(C(C(=O)NS(=O)(=O)c2ccc(CCO)cc2)c2ccc3c(c2)OCO3)c2ccc(Cl)cc21. The minimum atomic E-state index is -4.16. The Morgan fingerprint density at radius 1 is 0.577 bits per heavy atom. The first-order valence-corrected chi connectivity index (χ1v) is 26.0. The molecule has 15 nitrogen and oxygen atoms in total. The molecular weight excluding hydrogens is 992 g/mol. The molecule has 0 spiro atoms. The monoisotopic (exact) mass is 1040 g/mol. The zero-order chi connectivity index (χ0) is 50.2. The topological polar surface area (TPSA) is 193 Å². The molecule has 0 fully saturated rings.